The number of carboxylic acid groups (broad SMARTS) is 1. The molecule has 0 fully saturated rings. The zero-order valence-corrected chi connectivity index (χ0v) is 14.3. The smallest absolute Gasteiger partial charge is 0.416 e. The molecule has 0 aliphatic rings. The number of carboxylic acids is 1. The lowest BCUT2D eigenvalue weighted by Gasteiger charge is -2.18. The van der Waals surface area contributed by atoms with Crippen molar-refractivity contribution in [2.24, 2.45) is 0 Å². The molecule has 2 aromatic carbocycles. The van der Waals surface area contributed by atoms with Gasteiger partial charge in [0.15, 0.2) is 6.10 Å². The van der Waals surface area contributed by atoms with Crippen LogP contribution in [0.5, 0.6) is 0 Å². The van der Waals surface area contributed by atoms with Crippen molar-refractivity contribution in [2.75, 3.05) is 0 Å². The summed E-state index contributed by atoms with van der Waals surface area (Å²) in [6, 6.07) is 10.0. The van der Waals surface area contributed by atoms with Crippen LogP contribution in [0, 0.1) is 11.3 Å². The number of carbonyl (C=O) groups excluding carboxylic acids is 1. The second-order valence-corrected chi connectivity index (χ2v) is 5.89. The topological polar surface area (TPSA) is 110 Å². The number of aliphatic carboxylic acids is 1. The minimum Gasteiger partial charge on any atom is -0.480 e. The number of rotatable bonds is 6. The number of alkyl halides is 3. The van der Waals surface area contributed by atoms with Gasteiger partial charge in [-0.2, -0.15) is 18.4 Å². The zero-order valence-electron chi connectivity index (χ0n) is 14.3. The standard InChI is InChI=1S/C19H15F3N2O4/c20-19(21,22)14-7-5-11(6-8-14)16(25)17(26)24-15(18(27)28)9-12-3-1-2-4-13(12)10-23/h1-8,15-16,25H,9H2,(H,24,26)(H,27,28)/t15-,16+/m0/s1. The van der Waals surface area contributed by atoms with Crippen LogP contribution in [0.3, 0.4) is 0 Å². The molecule has 2 rings (SSSR count). The Labute approximate surface area is 157 Å². The maximum atomic E-state index is 12.6. The lowest BCUT2D eigenvalue weighted by molar-refractivity contribution is -0.143. The van der Waals surface area contributed by atoms with Crippen molar-refractivity contribution in [3.8, 4) is 6.07 Å². The molecule has 0 saturated carbocycles. The summed E-state index contributed by atoms with van der Waals surface area (Å²) in [6.45, 7) is 0. The maximum absolute atomic E-state index is 12.6. The summed E-state index contributed by atoms with van der Waals surface area (Å²) >= 11 is 0. The van der Waals surface area contributed by atoms with Gasteiger partial charge in [-0.15, -0.1) is 0 Å². The van der Waals surface area contributed by atoms with Crippen molar-refractivity contribution < 1.29 is 33.0 Å². The average Bonchev–Trinajstić information content (AvgIpc) is 2.66. The highest BCUT2D eigenvalue weighted by atomic mass is 19.4. The van der Waals surface area contributed by atoms with Crippen molar-refractivity contribution in [3.05, 3.63) is 70.8 Å². The minimum atomic E-state index is -4.56. The van der Waals surface area contributed by atoms with E-state index in [4.69, 9.17) is 5.26 Å². The predicted molar refractivity (Wildman–Crippen MR) is 90.8 cm³/mol. The zero-order chi connectivity index (χ0) is 20.9. The van der Waals surface area contributed by atoms with Crippen molar-refractivity contribution in [3.63, 3.8) is 0 Å². The van der Waals surface area contributed by atoms with Crippen molar-refractivity contribution in [1.82, 2.24) is 5.32 Å². The predicted octanol–water partition coefficient (Wildman–Crippen LogP) is 2.42. The summed E-state index contributed by atoms with van der Waals surface area (Å²) in [5.74, 6) is -2.47. The molecule has 0 aliphatic heterocycles. The fraction of sp³-hybridized carbons (Fsp3) is 0.211. The Bertz CT molecular complexity index is 905. The number of benzene rings is 2. The summed E-state index contributed by atoms with van der Waals surface area (Å²) in [5.41, 5.74) is -0.430. The summed E-state index contributed by atoms with van der Waals surface area (Å²) in [6.07, 6.45) is -6.62. The number of nitriles is 1. The second-order valence-electron chi connectivity index (χ2n) is 5.89. The van der Waals surface area contributed by atoms with E-state index in [9.17, 15) is 33.0 Å². The number of amides is 1. The van der Waals surface area contributed by atoms with Crippen LogP contribution in [-0.4, -0.2) is 28.1 Å². The summed E-state index contributed by atoms with van der Waals surface area (Å²) < 4.78 is 37.7. The van der Waals surface area contributed by atoms with Crippen LogP contribution in [0.25, 0.3) is 0 Å². The molecular formula is C19H15F3N2O4. The van der Waals surface area contributed by atoms with Gasteiger partial charge in [0.2, 0.25) is 0 Å². The molecule has 0 radical (unpaired) electrons. The second kappa shape index (κ2) is 8.54. The molecule has 0 heterocycles. The van der Waals surface area contributed by atoms with Crippen LogP contribution >= 0.6 is 0 Å². The molecule has 146 valence electrons. The first-order valence-corrected chi connectivity index (χ1v) is 8.00. The van der Waals surface area contributed by atoms with Gasteiger partial charge in [-0.25, -0.2) is 4.79 Å². The number of carbonyl (C=O) groups is 2. The molecule has 2 aromatic rings. The Morgan fingerprint density at radius 2 is 1.71 bits per heavy atom. The number of aliphatic hydroxyl groups excluding tert-OH is 1. The lowest BCUT2D eigenvalue weighted by Crippen LogP contribution is -2.44. The molecule has 9 heteroatoms. The van der Waals surface area contributed by atoms with E-state index in [0.717, 1.165) is 12.1 Å². The Hall–Kier alpha value is -3.38. The van der Waals surface area contributed by atoms with Gasteiger partial charge in [-0.3, -0.25) is 4.79 Å². The largest absolute Gasteiger partial charge is 0.480 e. The van der Waals surface area contributed by atoms with Crippen LogP contribution in [0.15, 0.2) is 48.5 Å². The van der Waals surface area contributed by atoms with Gasteiger partial charge in [-0.05, 0) is 29.3 Å². The third-order valence-corrected chi connectivity index (χ3v) is 3.98. The number of hydrogen-bond acceptors (Lipinski definition) is 4. The molecule has 1 amide bonds. The maximum Gasteiger partial charge on any atom is 0.416 e. The monoisotopic (exact) mass is 392 g/mol. The molecule has 0 saturated heterocycles. The van der Waals surface area contributed by atoms with E-state index >= 15 is 0 Å². The normalized spacial score (nSPS) is 13.2. The molecule has 28 heavy (non-hydrogen) atoms. The fourth-order valence-corrected chi connectivity index (χ4v) is 2.48. The third-order valence-electron chi connectivity index (χ3n) is 3.98. The van der Waals surface area contributed by atoms with Crippen LogP contribution in [0.4, 0.5) is 13.2 Å². The van der Waals surface area contributed by atoms with E-state index in [-0.39, 0.29) is 17.5 Å². The molecule has 0 aliphatic carbocycles. The molecule has 3 N–H and O–H groups in total. The number of aliphatic hydroxyl groups is 1. The van der Waals surface area contributed by atoms with E-state index in [1.54, 1.807) is 12.1 Å². The Balaban J connectivity index is 2.13. The van der Waals surface area contributed by atoms with Crippen LogP contribution < -0.4 is 5.32 Å². The first-order chi connectivity index (χ1) is 13.1. The molecule has 2 atom stereocenters. The molecule has 0 aromatic heterocycles. The van der Waals surface area contributed by atoms with E-state index in [1.165, 1.54) is 12.1 Å². The van der Waals surface area contributed by atoms with Gasteiger partial charge in [-0.1, -0.05) is 30.3 Å². The minimum absolute atomic E-state index is 0.118. The summed E-state index contributed by atoms with van der Waals surface area (Å²) in [5, 5.41) is 30.6. The van der Waals surface area contributed by atoms with E-state index in [2.05, 4.69) is 5.32 Å². The summed E-state index contributed by atoms with van der Waals surface area (Å²) in [7, 11) is 0. The SMILES string of the molecule is N#Cc1ccccc1C[C@H](NC(=O)[C@H](O)c1ccc(C(F)(F)F)cc1)C(=O)O. The van der Waals surface area contributed by atoms with E-state index < -0.39 is 35.8 Å². The third kappa shape index (κ3) is 5.08. The molecule has 0 unspecified atom stereocenters. The fourth-order valence-electron chi connectivity index (χ4n) is 2.48. The lowest BCUT2D eigenvalue weighted by atomic mass is 10.00. The molecule has 6 nitrogen and oxygen atoms in total. The van der Waals surface area contributed by atoms with Gasteiger partial charge < -0.3 is 15.5 Å². The van der Waals surface area contributed by atoms with Gasteiger partial charge in [0, 0.05) is 6.42 Å². The highest BCUT2D eigenvalue weighted by molar-refractivity contribution is 5.87. The number of nitrogens with zero attached hydrogens (tertiary/aromatic N) is 1. The van der Waals surface area contributed by atoms with Gasteiger partial charge in [0.25, 0.3) is 5.91 Å². The van der Waals surface area contributed by atoms with Crippen molar-refractivity contribution >= 4 is 11.9 Å². The quantitative estimate of drug-likeness (QED) is 0.699. The Kier molecular flexibility index (Phi) is 6.38. The number of hydrogen-bond donors (Lipinski definition) is 3. The van der Waals surface area contributed by atoms with Gasteiger partial charge in [0.05, 0.1) is 17.2 Å². The molecule has 0 spiro atoms. The number of nitrogens with one attached hydrogen (secondary N) is 1. The Morgan fingerprint density at radius 3 is 2.25 bits per heavy atom. The number of halogens is 3. The van der Waals surface area contributed by atoms with E-state index in [1.807, 2.05) is 6.07 Å². The summed E-state index contributed by atoms with van der Waals surface area (Å²) in [4.78, 5) is 23.6. The van der Waals surface area contributed by atoms with Crippen molar-refractivity contribution in [2.45, 2.75) is 24.7 Å². The van der Waals surface area contributed by atoms with Gasteiger partial charge in [0.1, 0.15) is 6.04 Å². The first-order valence-electron chi connectivity index (χ1n) is 8.00. The van der Waals surface area contributed by atoms with Crippen molar-refractivity contribution in [1.29, 1.82) is 5.26 Å². The van der Waals surface area contributed by atoms with Crippen LogP contribution in [0.1, 0.15) is 28.4 Å². The highest BCUT2D eigenvalue weighted by Gasteiger charge is 2.31. The van der Waals surface area contributed by atoms with Gasteiger partial charge >= 0.3 is 12.1 Å². The Morgan fingerprint density at radius 1 is 1.11 bits per heavy atom. The van der Waals surface area contributed by atoms with Crippen LogP contribution in [-0.2, 0) is 22.2 Å². The highest BCUT2D eigenvalue weighted by Crippen LogP contribution is 2.30. The first kappa shape index (κ1) is 20.9. The van der Waals surface area contributed by atoms with Crippen LogP contribution in [0.2, 0.25) is 0 Å². The van der Waals surface area contributed by atoms with E-state index in [0.29, 0.717) is 17.7 Å². The molecular weight excluding hydrogens is 377 g/mol. The molecule has 0 bridgehead atoms. The average molecular weight is 392 g/mol.